The van der Waals surface area contributed by atoms with Gasteiger partial charge in [-0.3, -0.25) is 14.2 Å². The average Bonchev–Trinajstić information content (AvgIpc) is 2.69. The first-order valence-electron chi connectivity index (χ1n) is 9.35. The fraction of sp³-hybridized carbons (Fsp3) is 0.368. The number of pyridine rings is 2. The normalized spacial score (nSPS) is 16.1. The summed E-state index contributed by atoms with van der Waals surface area (Å²) in [6.45, 7) is 5.24. The summed E-state index contributed by atoms with van der Waals surface area (Å²) < 4.78 is 7.16. The highest BCUT2D eigenvalue weighted by molar-refractivity contribution is 5.95. The van der Waals surface area contributed by atoms with E-state index in [0.29, 0.717) is 48.7 Å². The predicted molar refractivity (Wildman–Crippen MR) is 103 cm³/mol. The van der Waals surface area contributed by atoms with E-state index in [1.54, 1.807) is 23.4 Å². The molecule has 146 valence electrons. The topological polar surface area (TPSA) is 92.1 Å². The van der Waals surface area contributed by atoms with Crippen molar-refractivity contribution in [2.24, 2.45) is 5.10 Å². The molecule has 4 rings (SSSR count). The van der Waals surface area contributed by atoms with Crippen molar-refractivity contribution < 1.29 is 14.3 Å². The molecule has 1 fully saturated rings. The van der Waals surface area contributed by atoms with E-state index in [-0.39, 0.29) is 5.91 Å². The van der Waals surface area contributed by atoms with Crippen LogP contribution in [0.5, 0.6) is 5.75 Å². The number of fused-ring (bicyclic) bond motifs is 1. The molecule has 1 amide bonds. The lowest BCUT2D eigenvalue weighted by atomic mass is 10.1. The lowest BCUT2D eigenvalue weighted by Gasteiger charge is -2.32. The first-order valence-corrected chi connectivity index (χ1v) is 9.35. The van der Waals surface area contributed by atoms with Gasteiger partial charge in [0.2, 0.25) is 6.41 Å². The molecule has 2 aliphatic rings. The number of nitrogens with one attached hydrogen (secondary N) is 1. The number of likely N-dealkylation sites (tertiary alicyclic amines) is 1. The van der Waals surface area contributed by atoms with E-state index in [1.807, 2.05) is 24.0 Å². The van der Waals surface area contributed by atoms with Crippen LogP contribution < -0.4 is 20.6 Å². The second kappa shape index (κ2) is 7.71. The Morgan fingerprint density at radius 2 is 2.21 bits per heavy atom. The summed E-state index contributed by atoms with van der Waals surface area (Å²) in [6, 6.07) is 5.40. The van der Waals surface area contributed by atoms with Crippen LogP contribution in [-0.2, 0) is 4.79 Å². The number of nitrogens with zero attached hydrogens (tertiary/aromatic N) is 5. The zero-order valence-corrected chi connectivity index (χ0v) is 15.7. The van der Waals surface area contributed by atoms with Gasteiger partial charge in [-0.25, -0.2) is 4.98 Å². The van der Waals surface area contributed by atoms with Crippen LogP contribution in [0.15, 0.2) is 35.7 Å². The van der Waals surface area contributed by atoms with Crippen molar-refractivity contribution in [3.8, 4) is 5.75 Å². The first kappa shape index (κ1) is 18.0. The maximum absolute atomic E-state index is 12.4. The highest BCUT2D eigenvalue weighted by Gasteiger charge is 2.26. The zero-order chi connectivity index (χ0) is 19.5. The Kier molecular flexibility index (Phi) is 4.96. The summed E-state index contributed by atoms with van der Waals surface area (Å²) >= 11 is 0. The molecular formula is C19H22N6O3. The van der Waals surface area contributed by atoms with Crippen molar-refractivity contribution >= 4 is 23.8 Å². The summed E-state index contributed by atoms with van der Waals surface area (Å²) in [5.41, 5.74) is 4.75. The smallest absolute Gasteiger partial charge is 0.255 e. The molecule has 0 bridgehead atoms. The van der Waals surface area contributed by atoms with E-state index in [1.165, 1.54) is 4.57 Å². The van der Waals surface area contributed by atoms with Crippen molar-refractivity contribution in [2.75, 3.05) is 37.7 Å². The van der Waals surface area contributed by atoms with Gasteiger partial charge in [0.1, 0.15) is 6.61 Å². The molecule has 0 saturated carbocycles. The maximum Gasteiger partial charge on any atom is 0.255 e. The molecule has 28 heavy (non-hydrogen) atoms. The van der Waals surface area contributed by atoms with Crippen molar-refractivity contribution in [3.05, 3.63) is 41.6 Å². The number of rotatable bonds is 5. The Balaban J connectivity index is 1.68. The zero-order valence-electron chi connectivity index (χ0n) is 15.7. The van der Waals surface area contributed by atoms with Crippen LogP contribution >= 0.6 is 0 Å². The second-order valence-corrected chi connectivity index (χ2v) is 6.57. The quantitative estimate of drug-likeness (QED) is 0.605. The lowest BCUT2D eigenvalue weighted by molar-refractivity contribution is 0.0651. The molecule has 0 spiro atoms. The van der Waals surface area contributed by atoms with Gasteiger partial charge in [-0.1, -0.05) is 0 Å². The number of hydrogen-bond acceptors (Lipinski definition) is 7. The average molecular weight is 382 g/mol. The maximum atomic E-state index is 12.4. The Morgan fingerprint density at radius 1 is 1.36 bits per heavy atom. The van der Waals surface area contributed by atoms with Crippen LogP contribution in [0.4, 0.5) is 11.5 Å². The molecule has 9 nitrogen and oxygen atoms in total. The number of amides is 1. The monoisotopic (exact) mass is 382 g/mol. The van der Waals surface area contributed by atoms with Gasteiger partial charge in [-0.2, -0.15) is 5.10 Å². The molecule has 1 N–H and O–H groups in total. The summed E-state index contributed by atoms with van der Waals surface area (Å²) in [5, 5.41) is 4.23. The number of anilines is 2. The lowest BCUT2D eigenvalue weighted by Crippen LogP contribution is -2.42. The summed E-state index contributed by atoms with van der Waals surface area (Å²) in [6.07, 6.45) is 5.01. The highest BCUT2D eigenvalue weighted by atomic mass is 16.5. The second-order valence-electron chi connectivity index (χ2n) is 6.57. The molecule has 4 heterocycles. The number of aromatic nitrogens is 2. The molecule has 2 aromatic rings. The van der Waals surface area contributed by atoms with Crippen LogP contribution in [0.25, 0.3) is 0 Å². The Morgan fingerprint density at radius 3 is 2.93 bits per heavy atom. The van der Waals surface area contributed by atoms with Gasteiger partial charge in [0, 0.05) is 43.8 Å². The van der Waals surface area contributed by atoms with Gasteiger partial charge >= 0.3 is 0 Å². The third-order valence-corrected chi connectivity index (χ3v) is 4.78. The predicted octanol–water partition coefficient (Wildman–Crippen LogP) is 0.723. The Bertz CT molecular complexity index is 966. The third kappa shape index (κ3) is 3.30. The van der Waals surface area contributed by atoms with Gasteiger partial charge in [0.05, 0.1) is 12.1 Å². The van der Waals surface area contributed by atoms with Crippen LogP contribution in [0.1, 0.15) is 23.7 Å². The minimum atomic E-state index is -0.0132. The molecule has 1 saturated heterocycles. The van der Waals surface area contributed by atoms with Crippen LogP contribution in [0.2, 0.25) is 0 Å². The van der Waals surface area contributed by atoms with Crippen LogP contribution in [-0.4, -0.2) is 59.6 Å². The molecule has 0 radical (unpaired) electrons. The summed E-state index contributed by atoms with van der Waals surface area (Å²) in [7, 11) is 0. The fourth-order valence-corrected chi connectivity index (χ4v) is 3.16. The van der Waals surface area contributed by atoms with E-state index in [9.17, 15) is 9.59 Å². The molecule has 0 unspecified atom stereocenters. The van der Waals surface area contributed by atoms with Crippen LogP contribution in [0.3, 0.4) is 0 Å². The van der Waals surface area contributed by atoms with E-state index in [0.717, 1.165) is 25.2 Å². The Hall–Kier alpha value is -3.36. The minimum Gasteiger partial charge on any atom is -0.488 e. The molecule has 9 heteroatoms. The van der Waals surface area contributed by atoms with E-state index in [2.05, 4.69) is 15.5 Å². The largest absolute Gasteiger partial charge is 0.488 e. The Labute approximate surface area is 162 Å². The molecule has 2 aromatic heterocycles. The SMILES string of the molecule is CCN/N=c1/cc(N2CCOc3cc(C(=O)N4CCC4)cnc32)ccn1C=O. The summed E-state index contributed by atoms with van der Waals surface area (Å²) in [5.74, 6) is 1.21. The van der Waals surface area contributed by atoms with E-state index < -0.39 is 0 Å². The number of ether oxygens (including phenoxy) is 1. The van der Waals surface area contributed by atoms with Crippen molar-refractivity contribution in [2.45, 2.75) is 13.3 Å². The first-order chi connectivity index (χ1) is 13.7. The van der Waals surface area contributed by atoms with E-state index in [4.69, 9.17) is 4.74 Å². The number of hydrogen-bond donors (Lipinski definition) is 1. The highest BCUT2D eigenvalue weighted by Crippen LogP contribution is 2.35. The van der Waals surface area contributed by atoms with Crippen LogP contribution in [0, 0.1) is 0 Å². The molecule has 0 aliphatic carbocycles. The van der Waals surface area contributed by atoms with Crippen molar-refractivity contribution in [1.82, 2.24) is 19.9 Å². The van der Waals surface area contributed by atoms with Crippen molar-refractivity contribution in [3.63, 3.8) is 0 Å². The van der Waals surface area contributed by atoms with Gasteiger partial charge in [0.15, 0.2) is 17.1 Å². The number of carbonyl (C=O) groups is 2. The fourth-order valence-electron chi connectivity index (χ4n) is 3.16. The molecule has 0 aromatic carbocycles. The third-order valence-electron chi connectivity index (χ3n) is 4.78. The van der Waals surface area contributed by atoms with Gasteiger partial charge in [-0.15, -0.1) is 0 Å². The molecule has 2 aliphatic heterocycles. The van der Waals surface area contributed by atoms with Gasteiger partial charge in [0.25, 0.3) is 5.91 Å². The molecular weight excluding hydrogens is 360 g/mol. The summed E-state index contributed by atoms with van der Waals surface area (Å²) in [4.78, 5) is 32.0. The van der Waals surface area contributed by atoms with Crippen molar-refractivity contribution in [1.29, 1.82) is 0 Å². The standard InChI is InChI=1S/C19H22N6O3/c1-2-21-22-17-11-15(4-7-24(17)13-26)25-8-9-28-16-10-14(12-20-18(16)25)19(27)23-5-3-6-23/h4,7,10-13,21H,2-3,5-6,8-9H2,1H3/b22-17-. The van der Waals surface area contributed by atoms with Gasteiger partial charge < -0.3 is 20.0 Å². The molecule has 0 atom stereocenters. The number of carbonyl (C=O) groups excluding carboxylic acids is 2. The van der Waals surface area contributed by atoms with E-state index >= 15 is 0 Å². The van der Waals surface area contributed by atoms with Gasteiger partial charge in [-0.05, 0) is 25.5 Å². The minimum absolute atomic E-state index is 0.0132.